The molecule has 0 spiro atoms. The van der Waals surface area contributed by atoms with Gasteiger partial charge in [0.1, 0.15) is 5.70 Å². The van der Waals surface area contributed by atoms with E-state index in [0.717, 1.165) is 11.1 Å². The van der Waals surface area contributed by atoms with Crippen molar-refractivity contribution in [3.05, 3.63) is 77.5 Å². The Morgan fingerprint density at radius 3 is 1.62 bits per heavy atom. The summed E-state index contributed by atoms with van der Waals surface area (Å²) in [5, 5.41) is 11.9. The van der Waals surface area contributed by atoms with E-state index in [1.807, 2.05) is 60.7 Å². The Balaban J connectivity index is 2.70. The zero-order valence-corrected chi connectivity index (χ0v) is 11.5. The van der Waals surface area contributed by atoms with Crippen LogP contribution in [0.5, 0.6) is 0 Å². The molecule has 106 valence electrons. The lowest BCUT2D eigenvalue weighted by Gasteiger charge is -2.13. The monoisotopic (exact) mass is 281 g/mol. The van der Waals surface area contributed by atoms with Crippen molar-refractivity contribution in [2.75, 3.05) is 0 Å². The highest BCUT2D eigenvalue weighted by Crippen LogP contribution is 2.26. The number of carbonyl (C=O) groups excluding carboxylic acids is 1. The highest BCUT2D eigenvalue weighted by molar-refractivity contribution is 6.03. The van der Waals surface area contributed by atoms with Crippen LogP contribution in [-0.4, -0.2) is 17.0 Å². The zero-order chi connectivity index (χ0) is 15.2. The maximum atomic E-state index is 11.6. The van der Waals surface area contributed by atoms with Gasteiger partial charge in [0.2, 0.25) is 5.91 Å². The van der Waals surface area contributed by atoms with E-state index in [4.69, 9.17) is 0 Å². The summed E-state index contributed by atoms with van der Waals surface area (Å²) in [6.45, 7) is 1.29. The third kappa shape index (κ3) is 3.57. The van der Waals surface area contributed by atoms with Gasteiger partial charge in [-0.2, -0.15) is 0 Å². The largest absolute Gasteiger partial charge is 0.477 e. The number of carboxylic acids is 1. The molecule has 4 nitrogen and oxygen atoms in total. The fourth-order valence-electron chi connectivity index (χ4n) is 2.06. The number of hydrogen-bond donors (Lipinski definition) is 2. The first-order valence-electron chi connectivity index (χ1n) is 6.45. The van der Waals surface area contributed by atoms with Crippen LogP contribution in [-0.2, 0) is 9.59 Å². The summed E-state index contributed by atoms with van der Waals surface area (Å²) in [5.41, 5.74) is 1.82. The van der Waals surface area contributed by atoms with Gasteiger partial charge in [-0.05, 0) is 11.1 Å². The minimum absolute atomic E-state index is 0.125. The summed E-state index contributed by atoms with van der Waals surface area (Å²) in [5.74, 6) is -1.59. The van der Waals surface area contributed by atoms with Gasteiger partial charge in [-0.15, -0.1) is 0 Å². The fraction of sp³-hybridized carbons (Fsp3) is 0.0588. The van der Waals surface area contributed by atoms with Crippen molar-refractivity contribution >= 4 is 17.4 Å². The lowest BCUT2D eigenvalue weighted by molar-refractivity contribution is -0.134. The van der Waals surface area contributed by atoms with Crippen molar-refractivity contribution in [2.45, 2.75) is 6.92 Å². The van der Waals surface area contributed by atoms with E-state index in [1.165, 1.54) is 6.92 Å². The number of rotatable bonds is 4. The Morgan fingerprint density at radius 1 is 0.857 bits per heavy atom. The summed E-state index contributed by atoms with van der Waals surface area (Å²) in [6, 6.07) is 18.3. The normalized spacial score (nSPS) is 9.76. The van der Waals surface area contributed by atoms with Gasteiger partial charge < -0.3 is 10.4 Å². The van der Waals surface area contributed by atoms with E-state index in [1.54, 1.807) is 0 Å². The van der Waals surface area contributed by atoms with Crippen LogP contribution in [0.15, 0.2) is 66.4 Å². The van der Waals surface area contributed by atoms with Gasteiger partial charge in [-0.3, -0.25) is 4.79 Å². The number of amides is 1. The van der Waals surface area contributed by atoms with Crippen molar-refractivity contribution in [3.63, 3.8) is 0 Å². The summed E-state index contributed by atoms with van der Waals surface area (Å²) in [7, 11) is 0. The molecule has 0 unspecified atom stereocenters. The smallest absolute Gasteiger partial charge is 0.353 e. The number of carbonyl (C=O) groups is 2. The molecule has 0 radical (unpaired) electrons. The molecule has 0 saturated heterocycles. The average molecular weight is 281 g/mol. The van der Waals surface area contributed by atoms with Crippen LogP contribution < -0.4 is 5.32 Å². The molecule has 0 atom stereocenters. The quantitative estimate of drug-likeness (QED) is 0.847. The number of aliphatic carboxylic acids is 1. The van der Waals surface area contributed by atoms with E-state index < -0.39 is 11.9 Å². The molecule has 2 aromatic rings. The summed E-state index contributed by atoms with van der Waals surface area (Å²) in [4.78, 5) is 22.9. The topological polar surface area (TPSA) is 66.4 Å². The SMILES string of the molecule is CC(=O)NC(C(=O)O)=C(c1ccccc1)c1ccccc1. The van der Waals surface area contributed by atoms with Crippen molar-refractivity contribution in [3.8, 4) is 0 Å². The zero-order valence-electron chi connectivity index (χ0n) is 11.5. The summed E-state index contributed by atoms with van der Waals surface area (Å²) < 4.78 is 0. The van der Waals surface area contributed by atoms with Crippen molar-refractivity contribution < 1.29 is 14.7 Å². The third-order valence-corrected chi connectivity index (χ3v) is 2.89. The predicted octanol–water partition coefficient (Wildman–Crippen LogP) is 2.67. The minimum Gasteiger partial charge on any atom is -0.477 e. The van der Waals surface area contributed by atoms with E-state index >= 15 is 0 Å². The maximum Gasteiger partial charge on any atom is 0.353 e. The van der Waals surface area contributed by atoms with Crippen LogP contribution in [0.25, 0.3) is 5.57 Å². The molecule has 0 aliphatic heterocycles. The molecular formula is C17H15NO3. The Labute approximate surface area is 122 Å². The van der Waals surface area contributed by atoms with Gasteiger partial charge in [0, 0.05) is 12.5 Å². The lowest BCUT2D eigenvalue weighted by Crippen LogP contribution is -2.26. The first-order valence-corrected chi connectivity index (χ1v) is 6.45. The average Bonchev–Trinajstić information content (AvgIpc) is 2.48. The van der Waals surface area contributed by atoms with Crippen LogP contribution in [0.1, 0.15) is 18.1 Å². The fourth-order valence-corrected chi connectivity index (χ4v) is 2.06. The first kappa shape index (κ1) is 14.5. The molecule has 21 heavy (non-hydrogen) atoms. The molecule has 1 amide bonds. The molecule has 0 aliphatic rings. The molecule has 2 N–H and O–H groups in total. The highest BCUT2D eigenvalue weighted by atomic mass is 16.4. The van der Waals surface area contributed by atoms with Gasteiger partial charge in [-0.25, -0.2) is 4.79 Å². The van der Waals surface area contributed by atoms with Gasteiger partial charge >= 0.3 is 5.97 Å². The molecule has 0 aliphatic carbocycles. The Bertz CT molecular complexity index is 634. The Morgan fingerprint density at radius 2 is 1.29 bits per heavy atom. The molecule has 2 aromatic carbocycles. The Kier molecular flexibility index (Phi) is 4.51. The second kappa shape index (κ2) is 6.52. The molecule has 0 saturated carbocycles. The van der Waals surface area contributed by atoms with Crippen LogP contribution >= 0.6 is 0 Å². The molecule has 4 heteroatoms. The van der Waals surface area contributed by atoms with Crippen LogP contribution in [0.4, 0.5) is 0 Å². The van der Waals surface area contributed by atoms with Crippen molar-refractivity contribution in [1.82, 2.24) is 5.32 Å². The standard InChI is InChI=1S/C17H15NO3/c1-12(19)18-16(17(20)21)15(13-8-4-2-5-9-13)14-10-6-3-7-11-14/h2-11H,1H3,(H,18,19)(H,20,21). The second-order valence-corrected chi connectivity index (χ2v) is 4.47. The number of nitrogens with one attached hydrogen (secondary N) is 1. The van der Waals surface area contributed by atoms with E-state index in [0.29, 0.717) is 5.57 Å². The molecule has 0 bridgehead atoms. The molecule has 0 aromatic heterocycles. The minimum atomic E-state index is -1.17. The molecule has 2 rings (SSSR count). The molecule has 0 heterocycles. The highest BCUT2D eigenvalue weighted by Gasteiger charge is 2.18. The molecular weight excluding hydrogens is 266 g/mol. The Hall–Kier alpha value is -2.88. The van der Waals surface area contributed by atoms with E-state index in [2.05, 4.69) is 5.32 Å². The van der Waals surface area contributed by atoms with Crippen LogP contribution in [0.2, 0.25) is 0 Å². The number of benzene rings is 2. The number of carboxylic acid groups (broad SMARTS) is 1. The van der Waals surface area contributed by atoms with Crippen molar-refractivity contribution in [2.24, 2.45) is 0 Å². The van der Waals surface area contributed by atoms with Gasteiger partial charge in [0.25, 0.3) is 0 Å². The number of hydrogen-bond acceptors (Lipinski definition) is 2. The third-order valence-electron chi connectivity index (χ3n) is 2.89. The van der Waals surface area contributed by atoms with Crippen LogP contribution in [0, 0.1) is 0 Å². The predicted molar refractivity (Wildman–Crippen MR) is 80.4 cm³/mol. The summed E-state index contributed by atoms with van der Waals surface area (Å²) in [6.07, 6.45) is 0. The maximum absolute atomic E-state index is 11.6. The molecule has 0 fully saturated rings. The second-order valence-electron chi connectivity index (χ2n) is 4.47. The van der Waals surface area contributed by atoms with Gasteiger partial charge in [0.15, 0.2) is 0 Å². The van der Waals surface area contributed by atoms with E-state index in [9.17, 15) is 14.7 Å². The van der Waals surface area contributed by atoms with Gasteiger partial charge in [0.05, 0.1) is 0 Å². The van der Waals surface area contributed by atoms with Crippen LogP contribution in [0.3, 0.4) is 0 Å². The van der Waals surface area contributed by atoms with E-state index in [-0.39, 0.29) is 5.70 Å². The van der Waals surface area contributed by atoms with Gasteiger partial charge in [-0.1, -0.05) is 60.7 Å². The lowest BCUT2D eigenvalue weighted by atomic mass is 9.95. The van der Waals surface area contributed by atoms with Crippen molar-refractivity contribution in [1.29, 1.82) is 0 Å². The summed E-state index contributed by atoms with van der Waals surface area (Å²) >= 11 is 0. The first-order chi connectivity index (χ1) is 10.1.